The van der Waals surface area contributed by atoms with E-state index in [9.17, 15) is 9.59 Å². The minimum atomic E-state index is -0.0611. The second kappa shape index (κ2) is 9.75. The van der Waals surface area contributed by atoms with Gasteiger partial charge in [-0.1, -0.05) is 43.5 Å². The topological polar surface area (TPSA) is 52.7 Å². The van der Waals surface area contributed by atoms with Gasteiger partial charge in [-0.2, -0.15) is 0 Å². The van der Waals surface area contributed by atoms with Crippen molar-refractivity contribution in [2.75, 3.05) is 39.3 Å². The summed E-state index contributed by atoms with van der Waals surface area (Å²) in [5, 5.41) is 2.76. The SMILES string of the molecule is O=C1CN(C(=O)Cc2ccc(CC3CCN(CC4CCCCC4)C3)cc2)CCN1. The average molecular weight is 398 g/mol. The molecule has 158 valence electrons. The molecule has 5 nitrogen and oxygen atoms in total. The van der Waals surface area contributed by atoms with Crippen molar-refractivity contribution >= 4 is 11.8 Å². The molecule has 3 aliphatic rings. The number of nitrogens with one attached hydrogen (secondary N) is 1. The largest absolute Gasteiger partial charge is 0.353 e. The van der Waals surface area contributed by atoms with Gasteiger partial charge < -0.3 is 15.1 Å². The van der Waals surface area contributed by atoms with Crippen LogP contribution in [0.5, 0.6) is 0 Å². The summed E-state index contributed by atoms with van der Waals surface area (Å²) in [6, 6.07) is 8.56. The van der Waals surface area contributed by atoms with E-state index in [2.05, 4.69) is 34.5 Å². The molecular weight excluding hydrogens is 362 g/mol. The highest BCUT2D eigenvalue weighted by Crippen LogP contribution is 2.28. The van der Waals surface area contributed by atoms with Crippen LogP contribution in [0.2, 0.25) is 0 Å². The van der Waals surface area contributed by atoms with E-state index in [4.69, 9.17) is 0 Å². The number of carbonyl (C=O) groups is 2. The zero-order chi connectivity index (χ0) is 20.1. The van der Waals surface area contributed by atoms with E-state index in [1.165, 1.54) is 63.7 Å². The molecule has 1 atom stereocenters. The van der Waals surface area contributed by atoms with Crippen molar-refractivity contribution in [1.29, 1.82) is 0 Å². The van der Waals surface area contributed by atoms with Gasteiger partial charge >= 0.3 is 0 Å². The lowest BCUT2D eigenvalue weighted by Gasteiger charge is -2.27. The lowest BCUT2D eigenvalue weighted by atomic mass is 9.89. The average Bonchev–Trinajstić information content (AvgIpc) is 3.17. The third-order valence-corrected chi connectivity index (χ3v) is 6.90. The highest BCUT2D eigenvalue weighted by atomic mass is 16.2. The molecule has 1 unspecified atom stereocenters. The van der Waals surface area contributed by atoms with Gasteiger partial charge in [-0.25, -0.2) is 0 Å². The number of benzene rings is 1. The predicted molar refractivity (Wildman–Crippen MR) is 115 cm³/mol. The van der Waals surface area contributed by atoms with Crippen molar-refractivity contribution in [1.82, 2.24) is 15.1 Å². The maximum Gasteiger partial charge on any atom is 0.239 e. The van der Waals surface area contributed by atoms with Crippen LogP contribution in [0.25, 0.3) is 0 Å². The smallest absolute Gasteiger partial charge is 0.239 e. The Morgan fingerprint density at radius 1 is 0.966 bits per heavy atom. The van der Waals surface area contributed by atoms with E-state index in [0.29, 0.717) is 19.5 Å². The maximum absolute atomic E-state index is 12.4. The summed E-state index contributed by atoms with van der Waals surface area (Å²) in [6.07, 6.45) is 10.0. The van der Waals surface area contributed by atoms with Crippen LogP contribution in [-0.2, 0) is 22.4 Å². The van der Waals surface area contributed by atoms with E-state index >= 15 is 0 Å². The number of hydrogen-bond donors (Lipinski definition) is 1. The number of piperazine rings is 1. The van der Waals surface area contributed by atoms with Gasteiger partial charge in [0.2, 0.25) is 11.8 Å². The predicted octanol–water partition coefficient (Wildman–Crippen LogP) is 2.63. The molecule has 1 aliphatic carbocycles. The van der Waals surface area contributed by atoms with Crippen LogP contribution in [0.4, 0.5) is 0 Å². The summed E-state index contributed by atoms with van der Waals surface area (Å²) in [6.45, 7) is 5.18. The first-order chi connectivity index (χ1) is 14.2. The molecule has 3 fully saturated rings. The van der Waals surface area contributed by atoms with E-state index in [0.717, 1.165) is 23.8 Å². The minimum absolute atomic E-state index is 0.0433. The van der Waals surface area contributed by atoms with Gasteiger partial charge in [-0.3, -0.25) is 9.59 Å². The Bertz CT molecular complexity index is 697. The summed E-state index contributed by atoms with van der Waals surface area (Å²) in [5.41, 5.74) is 2.41. The van der Waals surface area contributed by atoms with Gasteiger partial charge in [-0.15, -0.1) is 0 Å². The van der Waals surface area contributed by atoms with Crippen LogP contribution < -0.4 is 5.32 Å². The van der Waals surface area contributed by atoms with E-state index < -0.39 is 0 Å². The first-order valence-corrected chi connectivity index (χ1v) is 11.5. The molecule has 0 radical (unpaired) electrons. The first-order valence-electron chi connectivity index (χ1n) is 11.5. The molecule has 2 amide bonds. The molecule has 2 heterocycles. The fourth-order valence-corrected chi connectivity index (χ4v) is 5.24. The van der Waals surface area contributed by atoms with E-state index in [1.807, 2.05) is 0 Å². The Labute approximate surface area is 174 Å². The van der Waals surface area contributed by atoms with Crippen molar-refractivity contribution < 1.29 is 9.59 Å². The number of likely N-dealkylation sites (tertiary alicyclic amines) is 1. The third-order valence-electron chi connectivity index (χ3n) is 6.90. The van der Waals surface area contributed by atoms with Gasteiger partial charge in [0.25, 0.3) is 0 Å². The van der Waals surface area contributed by atoms with Crippen molar-refractivity contribution in [2.45, 2.75) is 51.4 Å². The van der Waals surface area contributed by atoms with E-state index in [-0.39, 0.29) is 18.4 Å². The van der Waals surface area contributed by atoms with Gasteiger partial charge in [0.1, 0.15) is 0 Å². The Kier molecular flexibility index (Phi) is 6.86. The molecule has 2 aliphatic heterocycles. The molecule has 1 aromatic carbocycles. The number of nitrogens with zero attached hydrogens (tertiary/aromatic N) is 2. The lowest BCUT2D eigenvalue weighted by molar-refractivity contribution is -0.137. The fraction of sp³-hybridized carbons (Fsp3) is 0.667. The van der Waals surface area contributed by atoms with Crippen molar-refractivity contribution in [2.24, 2.45) is 11.8 Å². The zero-order valence-corrected chi connectivity index (χ0v) is 17.6. The highest BCUT2D eigenvalue weighted by molar-refractivity contribution is 5.86. The molecule has 0 spiro atoms. The van der Waals surface area contributed by atoms with E-state index in [1.54, 1.807) is 4.90 Å². The summed E-state index contributed by atoms with van der Waals surface area (Å²) < 4.78 is 0. The quantitative estimate of drug-likeness (QED) is 0.803. The Morgan fingerprint density at radius 2 is 1.72 bits per heavy atom. The maximum atomic E-state index is 12.4. The van der Waals surface area contributed by atoms with Gasteiger partial charge in [-0.05, 0) is 55.2 Å². The van der Waals surface area contributed by atoms with Crippen molar-refractivity contribution in [3.63, 3.8) is 0 Å². The van der Waals surface area contributed by atoms with Gasteiger partial charge in [0.15, 0.2) is 0 Å². The number of rotatable bonds is 6. The summed E-state index contributed by atoms with van der Waals surface area (Å²) >= 11 is 0. The van der Waals surface area contributed by atoms with Crippen molar-refractivity contribution in [3.05, 3.63) is 35.4 Å². The van der Waals surface area contributed by atoms with Gasteiger partial charge in [0, 0.05) is 26.2 Å². The summed E-state index contributed by atoms with van der Waals surface area (Å²) in [5.74, 6) is 1.68. The molecule has 29 heavy (non-hydrogen) atoms. The molecule has 0 aromatic heterocycles. The molecule has 1 N–H and O–H groups in total. The third kappa shape index (κ3) is 5.81. The monoisotopic (exact) mass is 397 g/mol. The standard InChI is InChI=1S/C24H35N3O2/c28-23-18-27(13-11-25-23)24(29)15-20-8-6-19(7-9-20)14-22-10-12-26(17-22)16-21-4-2-1-3-5-21/h6-9,21-22H,1-5,10-18H2,(H,25,28). The Balaban J connectivity index is 1.22. The van der Waals surface area contributed by atoms with Gasteiger partial charge in [0.05, 0.1) is 13.0 Å². The second-order valence-electron chi connectivity index (χ2n) is 9.28. The van der Waals surface area contributed by atoms with Crippen molar-refractivity contribution in [3.8, 4) is 0 Å². The number of carbonyl (C=O) groups excluding carboxylic acids is 2. The van der Waals surface area contributed by atoms with Crippen LogP contribution in [0.15, 0.2) is 24.3 Å². The van der Waals surface area contributed by atoms with Crippen LogP contribution >= 0.6 is 0 Å². The Hall–Kier alpha value is -1.88. The molecule has 2 saturated heterocycles. The first kappa shape index (κ1) is 20.4. The number of hydrogen-bond acceptors (Lipinski definition) is 3. The normalized spacial score (nSPS) is 23.9. The van der Waals surface area contributed by atoms with Crippen LogP contribution in [-0.4, -0.2) is 60.9 Å². The highest BCUT2D eigenvalue weighted by Gasteiger charge is 2.26. The zero-order valence-electron chi connectivity index (χ0n) is 17.6. The number of amides is 2. The molecule has 1 aromatic rings. The summed E-state index contributed by atoms with van der Waals surface area (Å²) in [7, 11) is 0. The molecular formula is C24H35N3O2. The minimum Gasteiger partial charge on any atom is -0.353 e. The van der Waals surface area contributed by atoms with Crippen LogP contribution in [0.3, 0.4) is 0 Å². The fourth-order valence-electron chi connectivity index (χ4n) is 5.24. The molecule has 5 heteroatoms. The molecule has 0 bridgehead atoms. The molecule has 1 saturated carbocycles. The second-order valence-corrected chi connectivity index (χ2v) is 9.28. The summed E-state index contributed by atoms with van der Waals surface area (Å²) in [4.78, 5) is 28.2. The van der Waals surface area contributed by atoms with Crippen LogP contribution in [0.1, 0.15) is 49.7 Å². The molecule has 4 rings (SSSR count). The lowest BCUT2D eigenvalue weighted by Crippen LogP contribution is -2.50. The Morgan fingerprint density at radius 3 is 2.48 bits per heavy atom. The van der Waals surface area contributed by atoms with Crippen LogP contribution in [0, 0.1) is 11.8 Å².